The van der Waals surface area contributed by atoms with E-state index in [0.29, 0.717) is 17.9 Å². The van der Waals surface area contributed by atoms with Gasteiger partial charge in [0, 0.05) is 19.6 Å². The fourth-order valence-electron chi connectivity index (χ4n) is 4.47. The van der Waals surface area contributed by atoms with Crippen LogP contribution in [0.1, 0.15) is 55.2 Å². The van der Waals surface area contributed by atoms with Crippen molar-refractivity contribution in [3.8, 4) is 0 Å². The van der Waals surface area contributed by atoms with Gasteiger partial charge in [-0.25, -0.2) is 8.42 Å². The molecule has 1 unspecified atom stereocenters. The molecule has 0 N–H and O–H groups in total. The molecule has 0 bridgehead atoms. The van der Waals surface area contributed by atoms with Crippen molar-refractivity contribution < 1.29 is 13.2 Å². The highest BCUT2D eigenvalue weighted by Crippen LogP contribution is 2.31. The Kier molecular flexibility index (Phi) is 5.72. The van der Waals surface area contributed by atoms with Gasteiger partial charge in [0.05, 0.1) is 4.90 Å². The van der Waals surface area contributed by atoms with Crippen LogP contribution < -0.4 is 0 Å². The first kappa shape index (κ1) is 19.4. The predicted molar refractivity (Wildman–Crippen MR) is 103 cm³/mol. The average Bonchev–Trinajstić information content (AvgIpc) is 2.89. The summed E-state index contributed by atoms with van der Waals surface area (Å²) in [6.45, 7) is 7.60. The van der Waals surface area contributed by atoms with Crippen LogP contribution in [0.4, 0.5) is 0 Å². The van der Waals surface area contributed by atoms with Crippen LogP contribution in [0.3, 0.4) is 0 Å². The molecule has 1 aromatic carbocycles. The first-order valence-electron chi connectivity index (χ1n) is 9.71. The molecule has 1 atom stereocenters. The lowest BCUT2D eigenvalue weighted by atomic mass is 10.1. The molecule has 144 valence electrons. The van der Waals surface area contributed by atoms with Crippen molar-refractivity contribution in [1.29, 1.82) is 0 Å². The fraction of sp³-hybridized carbons (Fsp3) is 0.650. The molecule has 0 radical (unpaired) electrons. The molecule has 0 spiro atoms. The summed E-state index contributed by atoms with van der Waals surface area (Å²) in [6, 6.07) is 3.27. The summed E-state index contributed by atoms with van der Waals surface area (Å²) in [5.74, 6) is -0.00427. The van der Waals surface area contributed by atoms with E-state index < -0.39 is 16.1 Å². The summed E-state index contributed by atoms with van der Waals surface area (Å²) in [6.07, 6.45) is 5.70. The molecular weight excluding hydrogens is 348 g/mol. The van der Waals surface area contributed by atoms with Crippen molar-refractivity contribution in [3.05, 3.63) is 28.8 Å². The van der Waals surface area contributed by atoms with E-state index in [1.165, 1.54) is 4.31 Å². The monoisotopic (exact) mass is 378 g/mol. The summed E-state index contributed by atoms with van der Waals surface area (Å²) in [5, 5.41) is 0. The van der Waals surface area contributed by atoms with Crippen LogP contribution in [0.5, 0.6) is 0 Å². The Labute approximate surface area is 157 Å². The van der Waals surface area contributed by atoms with Gasteiger partial charge in [-0.15, -0.1) is 0 Å². The lowest BCUT2D eigenvalue weighted by Crippen LogP contribution is -2.48. The maximum Gasteiger partial charge on any atom is 0.244 e. The molecular formula is C20H30N2O3S. The summed E-state index contributed by atoms with van der Waals surface area (Å²) >= 11 is 0. The Morgan fingerprint density at radius 2 is 1.50 bits per heavy atom. The molecule has 0 aliphatic carbocycles. The number of hydrogen-bond acceptors (Lipinski definition) is 3. The smallest absolute Gasteiger partial charge is 0.244 e. The van der Waals surface area contributed by atoms with Crippen molar-refractivity contribution in [3.63, 3.8) is 0 Å². The Morgan fingerprint density at radius 1 is 0.923 bits per heavy atom. The number of sulfonamides is 1. The van der Waals surface area contributed by atoms with Crippen LogP contribution in [-0.4, -0.2) is 49.2 Å². The van der Waals surface area contributed by atoms with E-state index >= 15 is 0 Å². The second-order valence-corrected chi connectivity index (χ2v) is 9.57. The molecule has 26 heavy (non-hydrogen) atoms. The van der Waals surface area contributed by atoms with Crippen LogP contribution in [0.15, 0.2) is 17.0 Å². The van der Waals surface area contributed by atoms with Gasteiger partial charge in [-0.2, -0.15) is 4.31 Å². The van der Waals surface area contributed by atoms with Crippen molar-refractivity contribution in [2.75, 3.05) is 19.6 Å². The molecule has 5 nitrogen and oxygen atoms in total. The number of likely N-dealkylation sites (tertiary alicyclic amines) is 1. The number of hydrogen-bond donors (Lipinski definition) is 0. The zero-order valence-electron chi connectivity index (χ0n) is 16.1. The van der Waals surface area contributed by atoms with Gasteiger partial charge in [0.15, 0.2) is 0 Å². The Morgan fingerprint density at radius 3 is 2.08 bits per heavy atom. The molecule has 2 aliphatic rings. The quantitative estimate of drug-likeness (QED) is 0.812. The first-order valence-corrected chi connectivity index (χ1v) is 11.1. The minimum atomic E-state index is -3.67. The topological polar surface area (TPSA) is 57.7 Å². The third-order valence-corrected chi connectivity index (χ3v) is 7.79. The predicted octanol–water partition coefficient (Wildman–Crippen LogP) is 3.17. The van der Waals surface area contributed by atoms with E-state index in [2.05, 4.69) is 0 Å². The molecule has 1 amide bonds. The second-order valence-electron chi connectivity index (χ2n) is 7.74. The molecule has 0 saturated carbocycles. The third-order valence-electron chi connectivity index (χ3n) is 5.58. The van der Waals surface area contributed by atoms with Gasteiger partial charge in [0.2, 0.25) is 15.9 Å². The second kappa shape index (κ2) is 7.69. The first-order chi connectivity index (χ1) is 12.3. The maximum atomic E-state index is 13.4. The van der Waals surface area contributed by atoms with Crippen LogP contribution in [0, 0.1) is 20.8 Å². The van der Waals surface area contributed by atoms with Gasteiger partial charge >= 0.3 is 0 Å². The number of rotatable bonds is 3. The van der Waals surface area contributed by atoms with Crippen LogP contribution in [0.25, 0.3) is 0 Å². The van der Waals surface area contributed by atoms with Gasteiger partial charge in [-0.05, 0) is 57.6 Å². The molecule has 2 heterocycles. The highest BCUT2D eigenvalue weighted by Gasteiger charge is 2.42. The maximum absolute atomic E-state index is 13.4. The zero-order valence-corrected chi connectivity index (χ0v) is 16.9. The van der Waals surface area contributed by atoms with Crippen LogP contribution in [0.2, 0.25) is 0 Å². The highest BCUT2D eigenvalue weighted by atomic mass is 32.2. The summed E-state index contributed by atoms with van der Waals surface area (Å²) < 4.78 is 28.3. The molecule has 0 aromatic heterocycles. The standard InChI is InChI=1S/C20H30N2O3S/c1-15-13-16(2)19(17(3)14-15)26(24,25)22-12-8-9-18(22)20(23)21-10-6-4-5-7-11-21/h13-14,18H,4-12H2,1-3H3. The largest absolute Gasteiger partial charge is 0.341 e. The van der Waals surface area contributed by atoms with Crippen molar-refractivity contribution in [1.82, 2.24) is 9.21 Å². The highest BCUT2D eigenvalue weighted by molar-refractivity contribution is 7.89. The van der Waals surface area contributed by atoms with Gasteiger partial charge in [-0.3, -0.25) is 4.79 Å². The summed E-state index contributed by atoms with van der Waals surface area (Å²) in [7, 11) is -3.67. The number of carbonyl (C=O) groups is 1. The fourth-order valence-corrected chi connectivity index (χ4v) is 6.53. The minimum Gasteiger partial charge on any atom is -0.341 e. The summed E-state index contributed by atoms with van der Waals surface area (Å²) in [4.78, 5) is 15.3. The van der Waals surface area contributed by atoms with E-state index in [1.807, 2.05) is 37.8 Å². The zero-order chi connectivity index (χ0) is 18.9. The molecule has 2 aliphatic heterocycles. The van der Waals surface area contributed by atoms with E-state index in [-0.39, 0.29) is 5.91 Å². The van der Waals surface area contributed by atoms with E-state index in [0.717, 1.165) is 61.9 Å². The lowest BCUT2D eigenvalue weighted by Gasteiger charge is -2.30. The SMILES string of the molecule is Cc1cc(C)c(S(=O)(=O)N2CCCC2C(=O)N2CCCCCC2)c(C)c1. The molecule has 1 aromatic rings. The van der Waals surface area contributed by atoms with E-state index in [1.54, 1.807) is 0 Å². The molecule has 2 saturated heterocycles. The third kappa shape index (κ3) is 3.67. The van der Waals surface area contributed by atoms with Gasteiger partial charge < -0.3 is 4.90 Å². The Bertz CT molecular complexity index is 757. The number of amides is 1. The molecule has 6 heteroatoms. The van der Waals surface area contributed by atoms with E-state index in [4.69, 9.17) is 0 Å². The summed E-state index contributed by atoms with van der Waals surface area (Å²) in [5.41, 5.74) is 2.57. The molecule has 3 rings (SSSR count). The average molecular weight is 379 g/mol. The normalized spacial score (nSPS) is 22.4. The van der Waals surface area contributed by atoms with Crippen molar-refractivity contribution in [2.24, 2.45) is 0 Å². The Balaban J connectivity index is 1.91. The number of aryl methyl sites for hydroxylation is 3. The van der Waals surface area contributed by atoms with Crippen molar-refractivity contribution >= 4 is 15.9 Å². The number of nitrogens with zero attached hydrogens (tertiary/aromatic N) is 2. The Hall–Kier alpha value is -1.40. The van der Waals surface area contributed by atoms with Gasteiger partial charge in [-0.1, -0.05) is 30.5 Å². The van der Waals surface area contributed by atoms with E-state index in [9.17, 15) is 13.2 Å². The van der Waals surface area contributed by atoms with Crippen LogP contribution in [-0.2, 0) is 14.8 Å². The van der Waals surface area contributed by atoms with Crippen molar-refractivity contribution in [2.45, 2.75) is 70.2 Å². The van der Waals surface area contributed by atoms with Crippen LogP contribution >= 0.6 is 0 Å². The van der Waals surface area contributed by atoms with Gasteiger partial charge in [0.25, 0.3) is 0 Å². The molecule has 2 fully saturated rings. The van der Waals surface area contributed by atoms with Gasteiger partial charge in [0.1, 0.15) is 6.04 Å². The number of benzene rings is 1. The number of carbonyl (C=O) groups excluding carboxylic acids is 1. The lowest BCUT2D eigenvalue weighted by molar-refractivity contribution is -0.134. The minimum absolute atomic E-state index is 0.00427.